The van der Waals surface area contributed by atoms with Gasteiger partial charge in [-0.25, -0.2) is 0 Å². The lowest BCUT2D eigenvalue weighted by molar-refractivity contribution is 0.114. The quantitative estimate of drug-likeness (QED) is 0.727. The monoisotopic (exact) mass is 327 g/mol. The van der Waals surface area contributed by atoms with Crippen LogP contribution in [0.5, 0.6) is 0 Å². The number of rotatable bonds is 5. The molecule has 0 spiro atoms. The molecule has 0 radical (unpaired) electrons. The zero-order chi connectivity index (χ0) is 15.9. The van der Waals surface area contributed by atoms with Gasteiger partial charge in [-0.3, -0.25) is 0 Å². The number of para-hydroxylation sites is 1. The Kier molecular flexibility index (Phi) is 5.45. The number of hydrogen-bond donors (Lipinski definition) is 3. The van der Waals surface area contributed by atoms with E-state index in [2.05, 4.69) is 16.0 Å². The molecule has 0 saturated carbocycles. The fourth-order valence-corrected chi connectivity index (χ4v) is 2.71. The summed E-state index contributed by atoms with van der Waals surface area (Å²) < 4.78 is 5.57. The van der Waals surface area contributed by atoms with Crippen molar-refractivity contribution >= 4 is 34.4 Å². The first-order valence-corrected chi connectivity index (χ1v) is 8.29. The lowest BCUT2D eigenvalue weighted by atomic mass is 10.2. The SMILES string of the molecule is S=C(NCC1CCCO1)Nc1ccc(Nc2ccccc2)cc1. The topological polar surface area (TPSA) is 45.3 Å². The summed E-state index contributed by atoms with van der Waals surface area (Å²) in [5.74, 6) is 0. The molecule has 1 aliphatic heterocycles. The molecular formula is C18H21N3OS. The van der Waals surface area contributed by atoms with Crippen molar-refractivity contribution < 1.29 is 4.74 Å². The van der Waals surface area contributed by atoms with E-state index in [9.17, 15) is 0 Å². The molecule has 3 N–H and O–H groups in total. The number of thiocarbonyl (C=S) groups is 1. The smallest absolute Gasteiger partial charge is 0.170 e. The van der Waals surface area contributed by atoms with Gasteiger partial charge in [0.2, 0.25) is 0 Å². The number of benzene rings is 2. The van der Waals surface area contributed by atoms with Crippen LogP contribution in [0.4, 0.5) is 17.1 Å². The van der Waals surface area contributed by atoms with E-state index in [1.165, 1.54) is 0 Å². The van der Waals surface area contributed by atoms with Gasteiger partial charge in [-0.15, -0.1) is 0 Å². The van der Waals surface area contributed by atoms with Gasteiger partial charge in [-0.2, -0.15) is 0 Å². The standard InChI is InChI=1S/C18H21N3OS/c23-18(19-13-17-7-4-12-22-17)21-16-10-8-15(9-11-16)20-14-5-2-1-3-6-14/h1-3,5-6,8-11,17,20H,4,7,12-13H2,(H2,19,21,23). The number of nitrogens with one attached hydrogen (secondary N) is 3. The van der Waals surface area contributed by atoms with Crippen molar-refractivity contribution in [1.82, 2.24) is 5.32 Å². The first-order valence-electron chi connectivity index (χ1n) is 7.88. The second kappa shape index (κ2) is 7.94. The van der Waals surface area contributed by atoms with Gasteiger partial charge in [0.15, 0.2) is 5.11 Å². The van der Waals surface area contributed by atoms with E-state index in [1.807, 2.05) is 54.6 Å². The fraction of sp³-hybridized carbons (Fsp3) is 0.278. The molecule has 120 valence electrons. The van der Waals surface area contributed by atoms with Gasteiger partial charge >= 0.3 is 0 Å². The number of ether oxygens (including phenoxy) is 1. The molecule has 5 heteroatoms. The molecule has 3 rings (SSSR count). The van der Waals surface area contributed by atoms with E-state index in [0.717, 1.165) is 43.1 Å². The van der Waals surface area contributed by atoms with Gasteiger partial charge in [-0.1, -0.05) is 18.2 Å². The van der Waals surface area contributed by atoms with Crippen LogP contribution in [0.25, 0.3) is 0 Å². The Labute approximate surface area is 142 Å². The van der Waals surface area contributed by atoms with Crippen molar-refractivity contribution in [3.05, 3.63) is 54.6 Å². The third-order valence-electron chi connectivity index (χ3n) is 3.72. The van der Waals surface area contributed by atoms with E-state index in [4.69, 9.17) is 17.0 Å². The van der Waals surface area contributed by atoms with Gasteiger partial charge in [0.25, 0.3) is 0 Å². The van der Waals surface area contributed by atoms with Crippen LogP contribution in [-0.2, 0) is 4.74 Å². The highest BCUT2D eigenvalue weighted by atomic mass is 32.1. The van der Waals surface area contributed by atoms with E-state index in [1.54, 1.807) is 0 Å². The van der Waals surface area contributed by atoms with Crippen LogP contribution in [0, 0.1) is 0 Å². The Balaban J connectivity index is 1.47. The minimum absolute atomic E-state index is 0.284. The molecule has 1 unspecified atom stereocenters. The molecule has 4 nitrogen and oxygen atoms in total. The van der Waals surface area contributed by atoms with E-state index in [-0.39, 0.29) is 6.10 Å². The van der Waals surface area contributed by atoms with Gasteiger partial charge in [-0.05, 0) is 61.5 Å². The molecular weight excluding hydrogens is 306 g/mol. The van der Waals surface area contributed by atoms with Crippen molar-refractivity contribution in [3.8, 4) is 0 Å². The summed E-state index contributed by atoms with van der Waals surface area (Å²) in [5.41, 5.74) is 3.08. The van der Waals surface area contributed by atoms with Gasteiger partial charge in [0, 0.05) is 30.2 Å². The maximum absolute atomic E-state index is 5.57. The maximum atomic E-state index is 5.57. The number of anilines is 3. The molecule has 1 heterocycles. The van der Waals surface area contributed by atoms with Crippen LogP contribution in [0.2, 0.25) is 0 Å². The third kappa shape index (κ3) is 4.94. The summed E-state index contributed by atoms with van der Waals surface area (Å²) in [6, 6.07) is 18.2. The zero-order valence-electron chi connectivity index (χ0n) is 12.9. The highest BCUT2D eigenvalue weighted by Crippen LogP contribution is 2.18. The van der Waals surface area contributed by atoms with Crippen molar-refractivity contribution in [3.63, 3.8) is 0 Å². The van der Waals surface area contributed by atoms with Crippen LogP contribution >= 0.6 is 12.2 Å². The summed E-state index contributed by atoms with van der Waals surface area (Å²) in [6.45, 7) is 1.63. The lowest BCUT2D eigenvalue weighted by Gasteiger charge is -2.14. The molecule has 2 aromatic rings. The summed E-state index contributed by atoms with van der Waals surface area (Å²) >= 11 is 5.32. The predicted molar refractivity (Wildman–Crippen MR) is 99.4 cm³/mol. The minimum Gasteiger partial charge on any atom is -0.376 e. The van der Waals surface area contributed by atoms with Crippen LogP contribution in [0.15, 0.2) is 54.6 Å². The Hall–Kier alpha value is -2.11. The lowest BCUT2D eigenvalue weighted by Crippen LogP contribution is -2.34. The number of hydrogen-bond acceptors (Lipinski definition) is 3. The second-order valence-corrected chi connectivity index (χ2v) is 5.95. The van der Waals surface area contributed by atoms with Crippen LogP contribution in [0.1, 0.15) is 12.8 Å². The summed E-state index contributed by atoms with van der Waals surface area (Å²) in [5, 5.41) is 10.4. The molecule has 1 fully saturated rings. The third-order valence-corrected chi connectivity index (χ3v) is 3.97. The molecule has 1 aliphatic rings. The van der Waals surface area contributed by atoms with Crippen LogP contribution in [0.3, 0.4) is 0 Å². The largest absolute Gasteiger partial charge is 0.376 e. The Morgan fingerprint density at radius 1 is 1.00 bits per heavy atom. The predicted octanol–water partition coefficient (Wildman–Crippen LogP) is 3.90. The van der Waals surface area contributed by atoms with Gasteiger partial charge in [0.05, 0.1) is 6.10 Å². The molecule has 2 aromatic carbocycles. The van der Waals surface area contributed by atoms with E-state index < -0.39 is 0 Å². The summed E-state index contributed by atoms with van der Waals surface area (Å²) in [6.07, 6.45) is 2.53. The summed E-state index contributed by atoms with van der Waals surface area (Å²) in [4.78, 5) is 0. The van der Waals surface area contributed by atoms with Crippen molar-refractivity contribution in [2.45, 2.75) is 18.9 Å². The highest BCUT2D eigenvalue weighted by Gasteiger charge is 2.15. The van der Waals surface area contributed by atoms with Gasteiger partial charge in [0.1, 0.15) is 0 Å². The molecule has 0 aliphatic carbocycles. The Morgan fingerprint density at radius 2 is 1.70 bits per heavy atom. The zero-order valence-corrected chi connectivity index (χ0v) is 13.7. The molecule has 23 heavy (non-hydrogen) atoms. The van der Waals surface area contributed by atoms with E-state index >= 15 is 0 Å². The van der Waals surface area contributed by atoms with Crippen LogP contribution < -0.4 is 16.0 Å². The second-order valence-electron chi connectivity index (χ2n) is 5.54. The Morgan fingerprint density at radius 3 is 2.39 bits per heavy atom. The first-order chi connectivity index (χ1) is 11.3. The average molecular weight is 327 g/mol. The maximum Gasteiger partial charge on any atom is 0.170 e. The molecule has 0 aromatic heterocycles. The first kappa shape index (κ1) is 15.8. The van der Waals surface area contributed by atoms with E-state index in [0.29, 0.717) is 5.11 Å². The van der Waals surface area contributed by atoms with Crippen LogP contribution in [-0.4, -0.2) is 24.4 Å². The molecule has 1 saturated heterocycles. The average Bonchev–Trinajstić information content (AvgIpc) is 3.09. The van der Waals surface area contributed by atoms with Crippen molar-refractivity contribution in [1.29, 1.82) is 0 Å². The molecule has 0 bridgehead atoms. The molecule has 0 amide bonds. The van der Waals surface area contributed by atoms with Gasteiger partial charge < -0.3 is 20.7 Å². The normalized spacial score (nSPS) is 16.8. The fourth-order valence-electron chi connectivity index (χ4n) is 2.51. The highest BCUT2D eigenvalue weighted by molar-refractivity contribution is 7.80. The minimum atomic E-state index is 0.284. The summed E-state index contributed by atoms with van der Waals surface area (Å²) in [7, 11) is 0. The van der Waals surface area contributed by atoms with Crippen molar-refractivity contribution in [2.24, 2.45) is 0 Å². The molecule has 1 atom stereocenters. The van der Waals surface area contributed by atoms with Crippen molar-refractivity contribution in [2.75, 3.05) is 23.8 Å². The Bertz CT molecular complexity index is 624.